The Bertz CT molecular complexity index is 1550. The van der Waals surface area contributed by atoms with E-state index in [-0.39, 0.29) is 5.91 Å². The van der Waals surface area contributed by atoms with Crippen molar-refractivity contribution in [2.75, 3.05) is 12.4 Å². The molecule has 0 saturated carbocycles. The Morgan fingerprint density at radius 3 is 2.56 bits per heavy atom. The molecule has 180 valence electrons. The number of nitrogens with zero attached hydrogens (tertiary/aromatic N) is 4. The first kappa shape index (κ1) is 23.4. The molecule has 7 nitrogen and oxygen atoms in total. The predicted octanol–water partition coefficient (Wildman–Crippen LogP) is 5.89. The third-order valence-corrected chi connectivity index (χ3v) is 5.96. The molecule has 36 heavy (non-hydrogen) atoms. The number of aryl methyl sites for hydroxylation is 1. The summed E-state index contributed by atoms with van der Waals surface area (Å²) in [5, 5.41) is 8.27. The number of imidazole rings is 1. The molecule has 0 aliphatic heterocycles. The van der Waals surface area contributed by atoms with Gasteiger partial charge in [0.25, 0.3) is 0 Å². The number of methoxy groups -OCH3 is 1. The standard InChI is InChI=1S/C28H24ClN5O2/c1-19-17-26(31-27(35)16-11-20-9-14-23(36-2)15-10-20)34(32-19)28-30-24-5-3-4-6-25(24)33(28)18-21-7-12-22(29)13-8-21/h3-17H,18H2,1-2H3,(H,31,35). The van der Waals surface area contributed by atoms with E-state index in [1.54, 1.807) is 17.9 Å². The quantitative estimate of drug-likeness (QED) is 0.284. The van der Waals surface area contributed by atoms with Crippen LogP contribution in [-0.4, -0.2) is 32.3 Å². The van der Waals surface area contributed by atoms with Gasteiger partial charge >= 0.3 is 0 Å². The zero-order valence-electron chi connectivity index (χ0n) is 19.9. The lowest BCUT2D eigenvalue weighted by Gasteiger charge is -2.12. The molecule has 0 aliphatic rings. The van der Waals surface area contributed by atoms with Crippen LogP contribution in [0.3, 0.4) is 0 Å². The van der Waals surface area contributed by atoms with Crippen molar-refractivity contribution < 1.29 is 9.53 Å². The van der Waals surface area contributed by atoms with Gasteiger partial charge in [0.15, 0.2) is 0 Å². The second-order valence-electron chi connectivity index (χ2n) is 8.29. The molecule has 8 heteroatoms. The monoisotopic (exact) mass is 497 g/mol. The van der Waals surface area contributed by atoms with Crippen molar-refractivity contribution in [3.05, 3.63) is 107 Å². The predicted molar refractivity (Wildman–Crippen MR) is 143 cm³/mol. The van der Waals surface area contributed by atoms with Crippen LogP contribution in [0.5, 0.6) is 5.75 Å². The highest BCUT2D eigenvalue weighted by Gasteiger charge is 2.18. The maximum Gasteiger partial charge on any atom is 0.249 e. The van der Waals surface area contributed by atoms with Crippen LogP contribution in [0.4, 0.5) is 5.82 Å². The Labute approximate surface area is 213 Å². The van der Waals surface area contributed by atoms with Gasteiger partial charge in [-0.1, -0.05) is 48.0 Å². The van der Waals surface area contributed by atoms with Gasteiger partial charge in [-0.05, 0) is 60.5 Å². The van der Waals surface area contributed by atoms with Gasteiger partial charge < -0.3 is 14.6 Å². The number of rotatable bonds is 7. The van der Waals surface area contributed by atoms with Crippen molar-refractivity contribution in [1.29, 1.82) is 0 Å². The van der Waals surface area contributed by atoms with E-state index in [9.17, 15) is 4.79 Å². The molecule has 1 N–H and O–H groups in total. The highest BCUT2D eigenvalue weighted by Crippen LogP contribution is 2.24. The van der Waals surface area contributed by atoms with Crippen LogP contribution >= 0.6 is 11.6 Å². The number of benzene rings is 3. The summed E-state index contributed by atoms with van der Waals surface area (Å²) >= 11 is 6.08. The number of anilines is 1. The number of para-hydroxylation sites is 2. The smallest absolute Gasteiger partial charge is 0.249 e. The summed E-state index contributed by atoms with van der Waals surface area (Å²) < 4.78 is 8.93. The molecule has 3 aromatic carbocycles. The number of hydrogen-bond acceptors (Lipinski definition) is 4. The Balaban J connectivity index is 1.46. The van der Waals surface area contributed by atoms with E-state index in [0.717, 1.165) is 33.6 Å². The van der Waals surface area contributed by atoms with Gasteiger partial charge in [-0.15, -0.1) is 0 Å². The third-order valence-electron chi connectivity index (χ3n) is 5.70. The first-order valence-corrected chi connectivity index (χ1v) is 11.8. The maximum absolute atomic E-state index is 12.8. The fraction of sp³-hybridized carbons (Fsp3) is 0.107. The molecule has 5 aromatic rings. The fourth-order valence-electron chi connectivity index (χ4n) is 3.95. The van der Waals surface area contributed by atoms with Gasteiger partial charge in [-0.2, -0.15) is 9.78 Å². The summed E-state index contributed by atoms with van der Waals surface area (Å²) in [6, 6.07) is 24.9. The summed E-state index contributed by atoms with van der Waals surface area (Å²) in [4.78, 5) is 17.6. The molecule has 0 bridgehead atoms. The van der Waals surface area contributed by atoms with Crippen molar-refractivity contribution in [3.8, 4) is 11.7 Å². The second kappa shape index (κ2) is 10.1. The van der Waals surface area contributed by atoms with Crippen molar-refractivity contribution in [2.45, 2.75) is 13.5 Å². The number of fused-ring (bicyclic) bond motifs is 1. The molecule has 0 aliphatic carbocycles. The number of aromatic nitrogens is 4. The molecule has 2 heterocycles. The maximum atomic E-state index is 12.8. The van der Waals surface area contributed by atoms with E-state index < -0.39 is 0 Å². The van der Waals surface area contributed by atoms with Crippen molar-refractivity contribution in [3.63, 3.8) is 0 Å². The van der Waals surface area contributed by atoms with Gasteiger partial charge in [0.1, 0.15) is 11.6 Å². The highest BCUT2D eigenvalue weighted by molar-refractivity contribution is 6.30. The normalized spacial score (nSPS) is 11.3. The largest absolute Gasteiger partial charge is 0.497 e. The SMILES string of the molecule is COc1ccc(C=CC(=O)Nc2cc(C)nn2-c2nc3ccccc3n2Cc2ccc(Cl)cc2)cc1. The third kappa shape index (κ3) is 5.01. The average molecular weight is 498 g/mol. The number of ether oxygens (including phenoxy) is 1. The minimum atomic E-state index is -0.271. The Morgan fingerprint density at radius 1 is 1.06 bits per heavy atom. The lowest BCUT2D eigenvalue weighted by Crippen LogP contribution is -2.15. The van der Waals surface area contributed by atoms with Gasteiger partial charge in [-0.25, -0.2) is 4.98 Å². The van der Waals surface area contributed by atoms with Crippen LogP contribution in [0.1, 0.15) is 16.8 Å². The van der Waals surface area contributed by atoms with Crippen molar-refractivity contribution in [1.82, 2.24) is 19.3 Å². The van der Waals surface area contributed by atoms with E-state index in [0.29, 0.717) is 23.3 Å². The van der Waals surface area contributed by atoms with Crippen molar-refractivity contribution >= 4 is 40.4 Å². The molecular weight excluding hydrogens is 474 g/mol. The van der Waals surface area contributed by atoms with E-state index >= 15 is 0 Å². The lowest BCUT2D eigenvalue weighted by atomic mass is 10.2. The van der Waals surface area contributed by atoms with Crippen molar-refractivity contribution in [2.24, 2.45) is 0 Å². The molecule has 5 rings (SSSR count). The summed E-state index contributed by atoms with van der Waals surface area (Å²) in [7, 11) is 1.62. The summed E-state index contributed by atoms with van der Waals surface area (Å²) in [6.07, 6.45) is 3.24. The zero-order chi connectivity index (χ0) is 25.1. The fourth-order valence-corrected chi connectivity index (χ4v) is 4.07. The number of carbonyl (C=O) groups excluding carboxylic acids is 1. The number of halogens is 1. The summed E-state index contributed by atoms with van der Waals surface area (Å²) in [5.41, 5.74) is 4.52. The van der Waals surface area contributed by atoms with Crippen LogP contribution in [0.25, 0.3) is 23.1 Å². The van der Waals surface area contributed by atoms with Gasteiger partial charge in [-0.3, -0.25) is 4.79 Å². The van der Waals surface area contributed by atoms with Crippen LogP contribution in [0.15, 0.2) is 84.9 Å². The first-order chi connectivity index (χ1) is 17.5. The van der Waals surface area contributed by atoms with E-state index in [2.05, 4.69) is 15.0 Å². The Morgan fingerprint density at radius 2 is 1.81 bits per heavy atom. The minimum absolute atomic E-state index is 0.271. The second-order valence-corrected chi connectivity index (χ2v) is 8.73. The van der Waals surface area contributed by atoms with Gasteiger partial charge in [0.2, 0.25) is 11.9 Å². The van der Waals surface area contributed by atoms with Gasteiger partial charge in [0.05, 0.1) is 30.4 Å². The Hall–Kier alpha value is -4.36. The molecule has 1 amide bonds. The van der Waals surface area contributed by atoms with Crippen LogP contribution in [-0.2, 0) is 11.3 Å². The summed E-state index contributed by atoms with van der Waals surface area (Å²) in [5.74, 6) is 1.63. The van der Waals surface area contributed by atoms with E-state index in [1.807, 2.05) is 85.8 Å². The molecule has 0 saturated heterocycles. The number of carbonyl (C=O) groups is 1. The lowest BCUT2D eigenvalue weighted by molar-refractivity contribution is -0.111. The van der Waals surface area contributed by atoms with E-state index in [1.165, 1.54) is 6.08 Å². The summed E-state index contributed by atoms with van der Waals surface area (Å²) in [6.45, 7) is 2.45. The van der Waals surface area contributed by atoms with Crippen LogP contribution in [0, 0.1) is 6.92 Å². The topological polar surface area (TPSA) is 74.0 Å². The molecule has 0 atom stereocenters. The highest BCUT2D eigenvalue weighted by atomic mass is 35.5. The first-order valence-electron chi connectivity index (χ1n) is 11.4. The minimum Gasteiger partial charge on any atom is -0.497 e. The molecule has 0 radical (unpaired) electrons. The average Bonchev–Trinajstić information content (AvgIpc) is 3.44. The molecule has 0 spiro atoms. The molecule has 0 unspecified atom stereocenters. The number of hydrogen-bond donors (Lipinski definition) is 1. The van der Waals surface area contributed by atoms with Gasteiger partial charge in [0, 0.05) is 17.2 Å². The van der Waals surface area contributed by atoms with Crippen LogP contribution in [0.2, 0.25) is 5.02 Å². The molecular formula is C28H24ClN5O2. The molecule has 0 fully saturated rings. The number of amides is 1. The van der Waals surface area contributed by atoms with E-state index in [4.69, 9.17) is 21.3 Å². The molecule has 2 aromatic heterocycles. The number of nitrogens with one attached hydrogen (secondary N) is 1. The zero-order valence-corrected chi connectivity index (χ0v) is 20.6. The Kier molecular flexibility index (Phi) is 6.56. The van der Waals surface area contributed by atoms with Crippen LogP contribution < -0.4 is 10.1 Å².